The van der Waals surface area contributed by atoms with Crippen LogP contribution in [-0.4, -0.2) is 40.8 Å². The Morgan fingerprint density at radius 2 is 1.94 bits per heavy atom. The standard InChI is InChI=1S/C12H15NO3/c14-8-10-6-13(7-10)5-9-1-3-11(4-2-9)12(15)16/h1-4,10,14H,5-8H2,(H,15,16). The fourth-order valence-corrected chi connectivity index (χ4v) is 1.93. The molecule has 1 saturated heterocycles. The Bertz CT molecular complexity index is 368. The van der Waals surface area contributed by atoms with Crippen LogP contribution in [0.2, 0.25) is 0 Å². The molecular weight excluding hydrogens is 206 g/mol. The maximum Gasteiger partial charge on any atom is 0.335 e. The number of carboxylic acids is 1. The minimum absolute atomic E-state index is 0.258. The van der Waals surface area contributed by atoms with E-state index in [0.717, 1.165) is 25.2 Å². The van der Waals surface area contributed by atoms with E-state index in [1.165, 1.54) is 0 Å². The zero-order chi connectivity index (χ0) is 11.5. The normalized spacial score (nSPS) is 17.1. The first-order valence-electron chi connectivity index (χ1n) is 5.34. The Morgan fingerprint density at radius 3 is 2.44 bits per heavy atom. The van der Waals surface area contributed by atoms with E-state index in [1.54, 1.807) is 12.1 Å². The fourth-order valence-electron chi connectivity index (χ4n) is 1.93. The quantitative estimate of drug-likeness (QED) is 0.789. The van der Waals surface area contributed by atoms with E-state index in [1.807, 2.05) is 12.1 Å². The summed E-state index contributed by atoms with van der Waals surface area (Å²) in [6.07, 6.45) is 0. The molecule has 1 heterocycles. The Balaban J connectivity index is 1.89. The van der Waals surface area contributed by atoms with Gasteiger partial charge in [-0.3, -0.25) is 4.90 Å². The lowest BCUT2D eigenvalue weighted by Gasteiger charge is -2.38. The summed E-state index contributed by atoms with van der Waals surface area (Å²) in [6, 6.07) is 6.94. The number of hydrogen-bond acceptors (Lipinski definition) is 3. The monoisotopic (exact) mass is 221 g/mol. The maximum absolute atomic E-state index is 10.6. The summed E-state index contributed by atoms with van der Waals surface area (Å²) < 4.78 is 0. The summed E-state index contributed by atoms with van der Waals surface area (Å²) in [5.41, 5.74) is 1.43. The molecule has 2 rings (SSSR count). The Labute approximate surface area is 94.1 Å². The first-order valence-corrected chi connectivity index (χ1v) is 5.34. The van der Waals surface area contributed by atoms with Crippen LogP contribution in [0.25, 0.3) is 0 Å². The van der Waals surface area contributed by atoms with Gasteiger partial charge < -0.3 is 10.2 Å². The van der Waals surface area contributed by atoms with E-state index in [2.05, 4.69) is 4.90 Å². The van der Waals surface area contributed by atoms with Crippen LogP contribution in [0, 0.1) is 5.92 Å². The Hall–Kier alpha value is -1.39. The highest BCUT2D eigenvalue weighted by Crippen LogP contribution is 2.18. The molecule has 1 aliphatic rings. The molecule has 0 radical (unpaired) electrons. The number of likely N-dealkylation sites (tertiary alicyclic amines) is 1. The van der Waals surface area contributed by atoms with Crippen LogP contribution in [0.3, 0.4) is 0 Å². The molecule has 0 aliphatic carbocycles. The minimum Gasteiger partial charge on any atom is -0.478 e. The molecule has 0 spiro atoms. The number of carbonyl (C=O) groups is 1. The molecule has 1 aliphatic heterocycles. The first kappa shape index (κ1) is 11.1. The van der Waals surface area contributed by atoms with Crippen molar-refractivity contribution in [2.45, 2.75) is 6.54 Å². The van der Waals surface area contributed by atoms with Gasteiger partial charge in [0.2, 0.25) is 0 Å². The number of aromatic carboxylic acids is 1. The third-order valence-corrected chi connectivity index (χ3v) is 2.90. The molecule has 4 heteroatoms. The van der Waals surface area contributed by atoms with Gasteiger partial charge in [-0.2, -0.15) is 0 Å². The van der Waals surface area contributed by atoms with Crippen molar-refractivity contribution in [2.24, 2.45) is 5.92 Å². The second-order valence-corrected chi connectivity index (χ2v) is 4.24. The van der Waals surface area contributed by atoms with Crippen molar-refractivity contribution in [3.8, 4) is 0 Å². The van der Waals surface area contributed by atoms with Crippen LogP contribution in [0.5, 0.6) is 0 Å². The zero-order valence-corrected chi connectivity index (χ0v) is 8.97. The molecule has 0 atom stereocenters. The number of aliphatic hydroxyl groups excluding tert-OH is 1. The maximum atomic E-state index is 10.6. The van der Waals surface area contributed by atoms with Crippen LogP contribution in [0.4, 0.5) is 0 Å². The van der Waals surface area contributed by atoms with Crippen LogP contribution >= 0.6 is 0 Å². The number of aliphatic hydroxyl groups is 1. The summed E-state index contributed by atoms with van der Waals surface area (Å²) in [6.45, 7) is 2.94. The van der Waals surface area contributed by atoms with Crippen molar-refractivity contribution in [3.05, 3.63) is 35.4 Å². The zero-order valence-electron chi connectivity index (χ0n) is 8.97. The van der Waals surface area contributed by atoms with Crippen molar-refractivity contribution < 1.29 is 15.0 Å². The number of rotatable bonds is 4. The lowest BCUT2D eigenvalue weighted by Crippen LogP contribution is -2.47. The average molecular weight is 221 g/mol. The van der Waals surface area contributed by atoms with Gasteiger partial charge in [-0.15, -0.1) is 0 Å². The van der Waals surface area contributed by atoms with E-state index < -0.39 is 5.97 Å². The highest BCUT2D eigenvalue weighted by molar-refractivity contribution is 5.87. The number of hydrogen-bond donors (Lipinski definition) is 2. The van der Waals surface area contributed by atoms with Gasteiger partial charge in [-0.05, 0) is 17.7 Å². The van der Waals surface area contributed by atoms with E-state index in [-0.39, 0.29) is 6.61 Å². The summed E-state index contributed by atoms with van der Waals surface area (Å²) in [4.78, 5) is 12.9. The molecule has 86 valence electrons. The smallest absolute Gasteiger partial charge is 0.335 e. The van der Waals surface area contributed by atoms with Crippen molar-refractivity contribution in [3.63, 3.8) is 0 Å². The van der Waals surface area contributed by atoms with Crippen LogP contribution in [-0.2, 0) is 6.54 Å². The van der Waals surface area contributed by atoms with Crippen molar-refractivity contribution in [1.29, 1.82) is 0 Å². The van der Waals surface area contributed by atoms with Gasteiger partial charge >= 0.3 is 5.97 Å². The van der Waals surface area contributed by atoms with Crippen molar-refractivity contribution >= 4 is 5.97 Å². The van der Waals surface area contributed by atoms with E-state index in [9.17, 15) is 4.79 Å². The van der Waals surface area contributed by atoms with Gasteiger partial charge in [0.15, 0.2) is 0 Å². The molecule has 1 aromatic carbocycles. The molecule has 1 fully saturated rings. The molecule has 0 bridgehead atoms. The van der Waals surface area contributed by atoms with Crippen molar-refractivity contribution in [2.75, 3.05) is 19.7 Å². The highest BCUT2D eigenvalue weighted by atomic mass is 16.4. The molecular formula is C12H15NO3. The molecule has 1 aromatic rings. The van der Waals surface area contributed by atoms with Crippen molar-refractivity contribution in [1.82, 2.24) is 4.90 Å². The highest BCUT2D eigenvalue weighted by Gasteiger charge is 2.25. The van der Waals surface area contributed by atoms with Gasteiger partial charge in [0, 0.05) is 32.2 Å². The van der Waals surface area contributed by atoms with E-state index >= 15 is 0 Å². The summed E-state index contributed by atoms with van der Waals surface area (Å²) in [5, 5.41) is 17.6. The number of benzene rings is 1. The third-order valence-electron chi connectivity index (χ3n) is 2.90. The number of nitrogens with zero attached hydrogens (tertiary/aromatic N) is 1. The van der Waals surface area contributed by atoms with Gasteiger partial charge in [0.05, 0.1) is 5.56 Å². The SMILES string of the molecule is O=C(O)c1ccc(CN2CC(CO)C2)cc1. The predicted molar refractivity (Wildman–Crippen MR) is 59.3 cm³/mol. The van der Waals surface area contributed by atoms with Crippen LogP contribution < -0.4 is 0 Å². The second-order valence-electron chi connectivity index (χ2n) is 4.24. The Morgan fingerprint density at radius 1 is 1.31 bits per heavy atom. The molecule has 4 nitrogen and oxygen atoms in total. The van der Waals surface area contributed by atoms with Gasteiger partial charge in [-0.1, -0.05) is 12.1 Å². The Kier molecular flexibility index (Phi) is 3.22. The third kappa shape index (κ3) is 2.40. The van der Waals surface area contributed by atoms with Gasteiger partial charge in [0.1, 0.15) is 0 Å². The van der Waals surface area contributed by atoms with Crippen LogP contribution in [0.1, 0.15) is 15.9 Å². The largest absolute Gasteiger partial charge is 0.478 e. The van der Waals surface area contributed by atoms with Gasteiger partial charge in [-0.25, -0.2) is 4.79 Å². The summed E-state index contributed by atoms with van der Waals surface area (Å²) in [5.74, 6) is -0.478. The molecule has 16 heavy (non-hydrogen) atoms. The molecule has 0 unspecified atom stereocenters. The lowest BCUT2D eigenvalue weighted by atomic mass is 10.0. The van der Waals surface area contributed by atoms with E-state index in [4.69, 9.17) is 10.2 Å². The first-order chi connectivity index (χ1) is 7.69. The van der Waals surface area contributed by atoms with Gasteiger partial charge in [0.25, 0.3) is 0 Å². The number of carboxylic acid groups (broad SMARTS) is 1. The molecule has 0 saturated carbocycles. The minimum atomic E-state index is -0.893. The molecule has 0 amide bonds. The lowest BCUT2D eigenvalue weighted by molar-refractivity contribution is 0.0479. The summed E-state index contributed by atoms with van der Waals surface area (Å²) >= 11 is 0. The second kappa shape index (κ2) is 4.63. The van der Waals surface area contributed by atoms with Crippen LogP contribution in [0.15, 0.2) is 24.3 Å². The molecule has 0 aromatic heterocycles. The average Bonchev–Trinajstić information content (AvgIpc) is 2.23. The predicted octanol–water partition coefficient (Wildman–Crippen LogP) is 0.809. The summed E-state index contributed by atoms with van der Waals surface area (Å²) in [7, 11) is 0. The molecule has 2 N–H and O–H groups in total. The fraction of sp³-hybridized carbons (Fsp3) is 0.417. The van der Waals surface area contributed by atoms with E-state index in [0.29, 0.717) is 11.5 Å². The topological polar surface area (TPSA) is 60.8 Å².